The van der Waals surface area contributed by atoms with Crippen LogP contribution in [0.25, 0.3) is 0 Å². The van der Waals surface area contributed by atoms with Gasteiger partial charge in [-0.15, -0.1) is 0 Å². The van der Waals surface area contributed by atoms with E-state index in [1.807, 2.05) is 43.3 Å². The van der Waals surface area contributed by atoms with Gasteiger partial charge in [-0.1, -0.05) is 85.8 Å². The Morgan fingerprint density at radius 1 is 0.907 bits per heavy atom. The molecule has 0 unspecified atom stereocenters. The lowest BCUT2D eigenvalue weighted by Gasteiger charge is -2.31. The van der Waals surface area contributed by atoms with Crippen molar-refractivity contribution in [2.24, 2.45) is 5.92 Å². The predicted molar refractivity (Wildman–Crippen MR) is 167 cm³/mol. The number of hydrogen-bond donors (Lipinski definition) is 1. The fraction of sp³-hybridized carbons (Fsp3) is 0.273. The fourth-order valence-corrected chi connectivity index (χ4v) is 8.40. The van der Waals surface area contributed by atoms with Gasteiger partial charge < -0.3 is 5.32 Å². The molecule has 1 aromatic heterocycles. The number of thioether (sulfide) groups is 1. The molecule has 220 valence electrons. The average Bonchev–Trinajstić information content (AvgIpc) is 3.40. The van der Waals surface area contributed by atoms with Gasteiger partial charge in [0.15, 0.2) is 0 Å². The Morgan fingerprint density at radius 3 is 2.19 bits per heavy atom. The number of thiazole rings is 1. The highest BCUT2D eigenvalue weighted by atomic mass is 32.2. The topological polar surface area (TPSA) is 88.5 Å². The van der Waals surface area contributed by atoms with E-state index in [0.29, 0.717) is 21.3 Å². The summed E-state index contributed by atoms with van der Waals surface area (Å²) in [6.07, 6.45) is 0. The van der Waals surface area contributed by atoms with Crippen molar-refractivity contribution < 1.29 is 18.8 Å². The molecule has 6 rings (SSSR count). The third kappa shape index (κ3) is 5.34. The molecule has 0 spiro atoms. The molecule has 7 nitrogen and oxygen atoms in total. The minimum atomic E-state index is -0.769. The first-order chi connectivity index (χ1) is 20.4. The number of aryl methyl sites for hydroxylation is 1. The highest BCUT2D eigenvalue weighted by molar-refractivity contribution is 8.00. The second kappa shape index (κ2) is 10.9. The van der Waals surface area contributed by atoms with Gasteiger partial charge in [0.25, 0.3) is 0 Å². The Hall–Kier alpha value is -4.02. The zero-order chi connectivity index (χ0) is 30.6. The summed E-state index contributed by atoms with van der Waals surface area (Å²) in [6, 6.07) is 20.6. The Bertz CT molecular complexity index is 1790. The summed E-state index contributed by atoms with van der Waals surface area (Å²) in [5.41, 5.74) is 3.80. The number of anilines is 2. The monoisotopic (exact) mass is 615 g/mol. The second-order valence-corrected chi connectivity index (χ2v) is 14.1. The molecule has 3 aromatic carbocycles. The van der Waals surface area contributed by atoms with E-state index in [1.54, 1.807) is 12.1 Å². The van der Waals surface area contributed by atoms with Gasteiger partial charge in [-0.2, -0.15) is 0 Å². The maximum Gasteiger partial charge on any atom is 0.308 e. The van der Waals surface area contributed by atoms with E-state index in [0.717, 1.165) is 28.0 Å². The molecule has 2 aliphatic heterocycles. The highest BCUT2D eigenvalue weighted by Crippen LogP contribution is 2.54. The number of nitrogens with zero attached hydrogens (tertiary/aromatic N) is 2. The maximum atomic E-state index is 14.1. The van der Waals surface area contributed by atoms with E-state index < -0.39 is 28.8 Å². The number of amides is 3. The molecule has 0 saturated carbocycles. The van der Waals surface area contributed by atoms with Crippen LogP contribution in [0.5, 0.6) is 0 Å². The zero-order valence-electron chi connectivity index (χ0n) is 24.1. The van der Waals surface area contributed by atoms with Gasteiger partial charge in [0.1, 0.15) is 17.6 Å². The van der Waals surface area contributed by atoms with E-state index >= 15 is 0 Å². The molecule has 1 fully saturated rings. The number of benzene rings is 3. The average molecular weight is 616 g/mol. The standard InChI is InChI=1S/C33H30FN3O4S2/c1-18-5-15-23(16-6-18)37-29(39)26-25(19-7-9-20(10-8-19)33(2,3)4)28-31(42-27(26)30(37)40)36(32(41)43-28)17-24(38)35-22-13-11-21(34)12-14-22/h5-16,25-27H,17H2,1-4H3,(H,35,38)/t25-,26-,27+/m0/s1. The Kier molecular flexibility index (Phi) is 7.38. The van der Waals surface area contributed by atoms with Gasteiger partial charge in [-0.3, -0.25) is 23.7 Å². The van der Waals surface area contributed by atoms with Crippen molar-refractivity contribution in [2.45, 2.75) is 55.8 Å². The van der Waals surface area contributed by atoms with Crippen LogP contribution in [0.3, 0.4) is 0 Å². The van der Waals surface area contributed by atoms with E-state index in [2.05, 4.69) is 26.1 Å². The number of nitrogens with one attached hydrogen (secondary N) is 1. The van der Waals surface area contributed by atoms with Gasteiger partial charge in [-0.05, 0) is 59.9 Å². The molecular weight excluding hydrogens is 586 g/mol. The van der Waals surface area contributed by atoms with Crippen molar-refractivity contribution in [1.29, 1.82) is 0 Å². The van der Waals surface area contributed by atoms with E-state index in [-0.39, 0.29) is 28.6 Å². The molecule has 2 aliphatic rings. The van der Waals surface area contributed by atoms with Crippen LogP contribution in [-0.4, -0.2) is 27.5 Å². The Morgan fingerprint density at radius 2 is 1.56 bits per heavy atom. The second-order valence-electron chi connectivity index (χ2n) is 11.9. The lowest BCUT2D eigenvalue weighted by Crippen LogP contribution is -2.33. The molecule has 43 heavy (non-hydrogen) atoms. The number of aromatic nitrogens is 1. The Labute approximate surface area is 256 Å². The number of carbonyl (C=O) groups excluding carboxylic acids is 3. The number of fused-ring (bicyclic) bond motifs is 2. The van der Waals surface area contributed by atoms with Crippen LogP contribution in [0.1, 0.15) is 48.3 Å². The van der Waals surface area contributed by atoms with Crippen LogP contribution >= 0.6 is 23.1 Å². The molecule has 1 N–H and O–H groups in total. The predicted octanol–water partition coefficient (Wildman–Crippen LogP) is 6.09. The quantitative estimate of drug-likeness (QED) is 0.275. The summed E-state index contributed by atoms with van der Waals surface area (Å²) in [7, 11) is 0. The van der Waals surface area contributed by atoms with Crippen molar-refractivity contribution in [1.82, 2.24) is 4.57 Å². The first-order valence-electron chi connectivity index (χ1n) is 13.9. The first kappa shape index (κ1) is 29.1. The number of hydrogen-bond acceptors (Lipinski definition) is 6. The third-order valence-corrected chi connectivity index (χ3v) is 10.5. The number of imide groups is 1. The largest absolute Gasteiger partial charge is 0.325 e. The molecular formula is C33H30FN3O4S2. The summed E-state index contributed by atoms with van der Waals surface area (Å²) in [4.78, 5) is 55.9. The van der Waals surface area contributed by atoms with Crippen molar-refractivity contribution >= 4 is 52.2 Å². The molecule has 4 aromatic rings. The molecule has 3 amide bonds. The minimum Gasteiger partial charge on any atom is -0.325 e. The van der Waals surface area contributed by atoms with Crippen LogP contribution in [0.2, 0.25) is 0 Å². The van der Waals surface area contributed by atoms with E-state index in [4.69, 9.17) is 0 Å². The van der Waals surface area contributed by atoms with Gasteiger partial charge in [-0.25, -0.2) is 9.29 Å². The van der Waals surface area contributed by atoms with Crippen molar-refractivity contribution in [3.05, 3.63) is 110 Å². The molecule has 0 aliphatic carbocycles. The van der Waals surface area contributed by atoms with Crippen LogP contribution in [-0.2, 0) is 26.3 Å². The van der Waals surface area contributed by atoms with Crippen LogP contribution < -0.4 is 15.1 Å². The van der Waals surface area contributed by atoms with Crippen molar-refractivity contribution in [3.63, 3.8) is 0 Å². The van der Waals surface area contributed by atoms with Gasteiger partial charge in [0.2, 0.25) is 17.7 Å². The molecule has 1 saturated heterocycles. The van der Waals surface area contributed by atoms with E-state index in [9.17, 15) is 23.6 Å². The fourth-order valence-electron chi connectivity index (χ4n) is 5.63. The SMILES string of the molecule is Cc1ccc(N2C(=O)[C@H]3[C@H](c4ccc(C(C)(C)C)cc4)c4sc(=O)n(CC(=O)Nc5ccc(F)cc5)c4S[C@H]3C2=O)cc1. The zero-order valence-corrected chi connectivity index (χ0v) is 25.7. The molecule has 3 atom stereocenters. The van der Waals surface area contributed by atoms with Crippen molar-refractivity contribution in [3.8, 4) is 0 Å². The third-order valence-electron chi connectivity index (χ3n) is 7.91. The van der Waals surface area contributed by atoms with Crippen molar-refractivity contribution in [2.75, 3.05) is 10.2 Å². The summed E-state index contributed by atoms with van der Waals surface area (Å²) >= 11 is 2.18. The smallest absolute Gasteiger partial charge is 0.308 e. The van der Waals surface area contributed by atoms with Crippen LogP contribution in [0, 0.1) is 18.7 Å². The number of rotatable bonds is 5. The highest BCUT2D eigenvalue weighted by Gasteiger charge is 2.56. The molecule has 0 radical (unpaired) electrons. The maximum absolute atomic E-state index is 14.1. The Balaban J connectivity index is 1.41. The number of carbonyl (C=O) groups is 3. The molecule has 10 heteroatoms. The summed E-state index contributed by atoms with van der Waals surface area (Å²) in [5, 5.41) is 2.45. The normalized spacial score (nSPS) is 19.7. The molecule has 0 bridgehead atoms. The summed E-state index contributed by atoms with van der Waals surface area (Å²) in [5.74, 6) is -2.79. The number of halogens is 1. The molecule has 3 heterocycles. The first-order valence-corrected chi connectivity index (χ1v) is 15.6. The van der Waals surface area contributed by atoms with Crippen LogP contribution in [0.15, 0.2) is 82.6 Å². The minimum absolute atomic E-state index is 0.0813. The van der Waals surface area contributed by atoms with Crippen LogP contribution in [0.4, 0.5) is 15.8 Å². The van der Waals surface area contributed by atoms with E-state index in [1.165, 1.54) is 45.5 Å². The van der Waals surface area contributed by atoms with Gasteiger partial charge in [0, 0.05) is 16.5 Å². The summed E-state index contributed by atoms with van der Waals surface area (Å²) < 4.78 is 14.7. The summed E-state index contributed by atoms with van der Waals surface area (Å²) in [6.45, 7) is 8.01. The lowest BCUT2D eigenvalue weighted by molar-refractivity contribution is -0.122. The van der Waals surface area contributed by atoms with Gasteiger partial charge >= 0.3 is 4.87 Å². The van der Waals surface area contributed by atoms with Gasteiger partial charge in [0.05, 0.1) is 16.6 Å². The lowest BCUT2D eigenvalue weighted by atomic mass is 9.81.